The third-order valence-electron chi connectivity index (χ3n) is 2.75. The molecular formula is C14H13ClFN. The molecule has 0 bridgehead atoms. The molecule has 1 unspecified atom stereocenters. The van der Waals surface area contributed by atoms with Crippen molar-refractivity contribution >= 4 is 11.6 Å². The smallest absolute Gasteiger partial charge is 0.126 e. The number of aryl methyl sites for hydroxylation is 1. The monoisotopic (exact) mass is 249 g/mol. The first-order valence-corrected chi connectivity index (χ1v) is 5.73. The zero-order valence-electron chi connectivity index (χ0n) is 9.45. The van der Waals surface area contributed by atoms with E-state index in [0.717, 1.165) is 11.1 Å². The Morgan fingerprint density at radius 2 is 1.82 bits per heavy atom. The molecule has 88 valence electrons. The van der Waals surface area contributed by atoms with Gasteiger partial charge in [0.05, 0.1) is 6.04 Å². The van der Waals surface area contributed by atoms with Gasteiger partial charge in [0.2, 0.25) is 0 Å². The number of halogens is 2. The van der Waals surface area contributed by atoms with Crippen molar-refractivity contribution in [2.24, 2.45) is 5.73 Å². The minimum Gasteiger partial charge on any atom is -0.320 e. The molecular weight excluding hydrogens is 237 g/mol. The lowest BCUT2D eigenvalue weighted by molar-refractivity contribution is 0.617. The second kappa shape index (κ2) is 4.86. The lowest BCUT2D eigenvalue weighted by Crippen LogP contribution is -2.12. The molecule has 1 atom stereocenters. The normalized spacial score (nSPS) is 12.5. The van der Waals surface area contributed by atoms with Crippen molar-refractivity contribution < 1.29 is 4.39 Å². The van der Waals surface area contributed by atoms with Gasteiger partial charge in [0.25, 0.3) is 0 Å². The van der Waals surface area contributed by atoms with Gasteiger partial charge >= 0.3 is 0 Å². The Kier molecular flexibility index (Phi) is 3.46. The molecule has 0 fully saturated rings. The molecule has 0 aliphatic carbocycles. The molecule has 2 aromatic carbocycles. The van der Waals surface area contributed by atoms with Crippen LogP contribution in [0.15, 0.2) is 42.5 Å². The molecule has 0 radical (unpaired) electrons. The molecule has 1 nitrogen and oxygen atoms in total. The molecule has 17 heavy (non-hydrogen) atoms. The van der Waals surface area contributed by atoms with Crippen LogP contribution in [0.4, 0.5) is 4.39 Å². The maximum absolute atomic E-state index is 13.2. The van der Waals surface area contributed by atoms with E-state index >= 15 is 0 Å². The van der Waals surface area contributed by atoms with E-state index in [9.17, 15) is 4.39 Å². The third-order valence-corrected chi connectivity index (χ3v) is 2.98. The van der Waals surface area contributed by atoms with Crippen LogP contribution in [0.1, 0.15) is 22.7 Å². The van der Waals surface area contributed by atoms with Crippen LogP contribution in [0.2, 0.25) is 5.02 Å². The van der Waals surface area contributed by atoms with Gasteiger partial charge in [0.15, 0.2) is 0 Å². The molecule has 2 rings (SSSR count). The highest BCUT2D eigenvalue weighted by Crippen LogP contribution is 2.23. The number of hydrogen-bond acceptors (Lipinski definition) is 1. The molecule has 0 saturated heterocycles. The van der Waals surface area contributed by atoms with Crippen molar-refractivity contribution in [2.45, 2.75) is 13.0 Å². The van der Waals surface area contributed by atoms with E-state index in [0.29, 0.717) is 10.6 Å². The average molecular weight is 250 g/mol. The van der Waals surface area contributed by atoms with Gasteiger partial charge in [0, 0.05) is 5.02 Å². The second-order valence-electron chi connectivity index (χ2n) is 4.04. The summed E-state index contributed by atoms with van der Waals surface area (Å²) in [6, 6.07) is 12.0. The largest absolute Gasteiger partial charge is 0.320 e. The Morgan fingerprint density at radius 3 is 2.47 bits per heavy atom. The van der Waals surface area contributed by atoms with E-state index in [1.165, 1.54) is 6.07 Å². The molecule has 3 heteroatoms. The van der Waals surface area contributed by atoms with E-state index in [2.05, 4.69) is 0 Å². The first-order chi connectivity index (χ1) is 8.08. The van der Waals surface area contributed by atoms with Crippen LogP contribution in [0.5, 0.6) is 0 Å². The van der Waals surface area contributed by atoms with E-state index in [1.807, 2.05) is 18.2 Å². The number of hydrogen-bond donors (Lipinski definition) is 1. The van der Waals surface area contributed by atoms with Crippen molar-refractivity contribution in [1.29, 1.82) is 0 Å². The van der Waals surface area contributed by atoms with Gasteiger partial charge in [-0.1, -0.05) is 35.9 Å². The summed E-state index contributed by atoms with van der Waals surface area (Å²) >= 11 is 5.92. The predicted molar refractivity (Wildman–Crippen MR) is 68.6 cm³/mol. The predicted octanol–water partition coefficient (Wildman–Crippen LogP) is 3.84. The molecule has 2 aromatic rings. The summed E-state index contributed by atoms with van der Waals surface area (Å²) < 4.78 is 13.2. The average Bonchev–Trinajstić information content (AvgIpc) is 2.32. The van der Waals surface area contributed by atoms with Crippen molar-refractivity contribution in [3.8, 4) is 0 Å². The highest BCUT2D eigenvalue weighted by atomic mass is 35.5. The molecule has 0 saturated carbocycles. The van der Waals surface area contributed by atoms with Crippen LogP contribution in [0, 0.1) is 12.7 Å². The quantitative estimate of drug-likeness (QED) is 0.860. The molecule has 0 aliphatic rings. The highest BCUT2D eigenvalue weighted by molar-refractivity contribution is 6.30. The van der Waals surface area contributed by atoms with Gasteiger partial charge in [-0.3, -0.25) is 0 Å². The Bertz CT molecular complexity index is 539. The highest BCUT2D eigenvalue weighted by Gasteiger charge is 2.10. The molecule has 0 heterocycles. The Hall–Kier alpha value is -1.38. The lowest BCUT2D eigenvalue weighted by atomic mass is 9.98. The molecule has 2 N–H and O–H groups in total. The summed E-state index contributed by atoms with van der Waals surface area (Å²) in [6.07, 6.45) is 0. The fraction of sp³-hybridized carbons (Fsp3) is 0.143. The van der Waals surface area contributed by atoms with Crippen LogP contribution in [0.25, 0.3) is 0 Å². The van der Waals surface area contributed by atoms with E-state index in [-0.39, 0.29) is 11.9 Å². The summed E-state index contributed by atoms with van der Waals surface area (Å²) in [6.45, 7) is 1.73. The van der Waals surface area contributed by atoms with Gasteiger partial charge in [-0.2, -0.15) is 0 Å². The Labute approximate surface area is 105 Å². The van der Waals surface area contributed by atoms with Crippen molar-refractivity contribution in [3.63, 3.8) is 0 Å². The van der Waals surface area contributed by atoms with Gasteiger partial charge < -0.3 is 5.73 Å². The minimum absolute atomic E-state index is 0.216. The molecule has 0 spiro atoms. The second-order valence-corrected chi connectivity index (χ2v) is 4.48. The standard InChI is InChI=1S/C14H13ClFN/c1-9-7-11(5-6-13(9)16)14(17)10-3-2-4-12(15)8-10/h2-8,14H,17H2,1H3. The number of nitrogens with two attached hydrogens (primary N) is 1. The zero-order chi connectivity index (χ0) is 12.4. The van der Waals surface area contributed by atoms with E-state index in [1.54, 1.807) is 25.1 Å². The van der Waals surface area contributed by atoms with Crippen molar-refractivity contribution in [2.75, 3.05) is 0 Å². The van der Waals surface area contributed by atoms with Gasteiger partial charge in [0.1, 0.15) is 5.82 Å². The van der Waals surface area contributed by atoms with Gasteiger partial charge in [-0.05, 0) is 41.8 Å². The third kappa shape index (κ3) is 2.65. The van der Waals surface area contributed by atoms with Crippen LogP contribution in [0.3, 0.4) is 0 Å². The summed E-state index contributed by atoms with van der Waals surface area (Å²) in [7, 11) is 0. The van der Waals surface area contributed by atoms with Crippen LogP contribution < -0.4 is 5.73 Å². The minimum atomic E-state index is -0.284. The van der Waals surface area contributed by atoms with Crippen LogP contribution >= 0.6 is 11.6 Å². The maximum atomic E-state index is 13.2. The Morgan fingerprint density at radius 1 is 1.12 bits per heavy atom. The van der Waals surface area contributed by atoms with Crippen molar-refractivity contribution in [1.82, 2.24) is 0 Å². The molecule has 0 aromatic heterocycles. The number of benzene rings is 2. The molecule has 0 aliphatic heterocycles. The fourth-order valence-corrected chi connectivity index (χ4v) is 1.95. The first kappa shape index (κ1) is 12.1. The summed E-state index contributed by atoms with van der Waals surface area (Å²) in [5.74, 6) is -0.216. The summed E-state index contributed by atoms with van der Waals surface area (Å²) in [5.41, 5.74) is 8.52. The lowest BCUT2D eigenvalue weighted by Gasteiger charge is -2.13. The van der Waals surface area contributed by atoms with Crippen molar-refractivity contribution in [3.05, 3.63) is 70.0 Å². The van der Waals surface area contributed by atoms with Gasteiger partial charge in [-0.25, -0.2) is 4.39 Å². The summed E-state index contributed by atoms with van der Waals surface area (Å²) in [4.78, 5) is 0. The molecule has 0 amide bonds. The van der Waals surface area contributed by atoms with Gasteiger partial charge in [-0.15, -0.1) is 0 Å². The van der Waals surface area contributed by atoms with E-state index in [4.69, 9.17) is 17.3 Å². The zero-order valence-corrected chi connectivity index (χ0v) is 10.2. The SMILES string of the molecule is Cc1cc(C(N)c2cccc(Cl)c2)ccc1F. The first-order valence-electron chi connectivity index (χ1n) is 5.35. The fourth-order valence-electron chi connectivity index (χ4n) is 1.75. The van der Waals surface area contributed by atoms with Crippen LogP contribution in [-0.4, -0.2) is 0 Å². The van der Waals surface area contributed by atoms with E-state index < -0.39 is 0 Å². The summed E-state index contributed by atoms with van der Waals surface area (Å²) in [5, 5.41) is 0.650. The maximum Gasteiger partial charge on any atom is 0.126 e. The number of rotatable bonds is 2. The topological polar surface area (TPSA) is 26.0 Å². The Balaban J connectivity index is 2.36. The van der Waals surface area contributed by atoms with Crippen LogP contribution in [-0.2, 0) is 0 Å².